The van der Waals surface area contributed by atoms with Crippen molar-refractivity contribution in [2.45, 2.75) is 13.8 Å². The Morgan fingerprint density at radius 3 is 2.21 bits per heavy atom. The van der Waals surface area contributed by atoms with Gasteiger partial charge in [-0.2, -0.15) is 4.40 Å². The number of sulfonamides is 1. The summed E-state index contributed by atoms with van der Waals surface area (Å²) in [5.74, 6) is -0.102. The Morgan fingerprint density at radius 1 is 1.14 bits per heavy atom. The van der Waals surface area contributed by atoms with Crippen LogP contribution < -0.4 is 0 Å². The van der Waals surface area contributed by atoms with Gasteiger partial charge in [0.15, 0.2) is 5.78 Å². The predicted octanol–water partition coefficient (Wildman–Crippen LogP) is 0.862. The molecule has 1 aliphatic carbocycles. The topological polar surface area (TPSA) is 63.6 Å². The van der Waals surface area contributed by atoms with Gasteiger partial charge in [-0.05, 0) is 37.1 Å². The van der Waals surface area contributed by atoms with Crippen LogP contribution in [0.4, 0.5) is 0 Å². The first-order valence-electron chi connectivity index (χ1n) is 4.01. The highest BCUT2D eigenvalue weighted by atomic mass is 32.2. The molecule has 0 aromatic heterocycles. The summed E-state index contributed by atoms with van der Waals surface area (Å²) in [5.41, 5.74) is 1.41. The third-order valence-corrected chi connectivity index (χ3v) is 2.29. The lowest BCUT2D eigenvalue weighted by atomic mass is 9.99. The normalized spacial score (nSPS) is 20.8. The minimum atomic E-state index is -3.41. The lowest BCUT2D eigenvalue weighted by Crippen LogP contribution is -2.11. The molecule has 0 saturated heterocycles. The van der Waals surface area contributed by atoms with Crippen LogP contribution in [0.5, 0.6) is 0 Å². The van der Waals surface area contributed by atoms with Crippen molar-refractivity contribution in [3.05, 3.63) is 23.3 Å². The third kappa shape index (κ3) is 2.63. The van der Waals surface area contributed by atoms with Crippen molar-refractivity contribution in [3.8, 4) is 0 Å². The molecule has 0 saturated carbocycles. The minimum absolute atomic E-state index is 0.102. The number of hydrogen-bond acceptors (Lipinski definition) is 3. The zero-order valence-corrected chi connectivity index (χ0v) is 9.05. The lowest BCUT2D eigenvalue weighted by Gasteiger charge is -2.08. The Hall–Kier alpha value is -1.23. The molecule has 1 rings (SSSR count). The molecule has 0 aromatic rings. The van der Waals surface area contributed by atoms with Crippen molar-refractivity contribution in [2.75, 3.05) is 6.26 Å². The van der Waals surface area contributed by atoms with Crippen LogP contribution in [0.1, 0.15) is 13.8 Å². The van der Waals surface area contributed by atoms with E-state index in [1.54, 1.807) is 13.8 Å². The average molecular weight is 213 g/mol. The van der Waals surface area contributed by atoms with Crippen LogP contribution in [-0.2, 0) is 14.8 Å². The number of allylic oxidation sites excluding steroid dienone is 4. The molecule has 0 heterocycles. The van der Waals surface area contributed by atoms with Gasteiger partial charge in [0, 0.05) is 0 Å². The summed E-state index contributed by atoms with van der Waals surface area (Å²) in [6, 6.07) is 0. The number of carbonyl (C=O) groups is 1. The van der Waals surface area contributed by atoms with E-state index >= 15 is 0 Å². The molecule has 0 bridgehead atoms. The van der Waals surface area contributed by atoms with E-state index in [0.29, 0.717) is 16.9 Å². The van der Waals surface area contributed by atoms with Gasteiger partial charge in [-0.25, -0.2) is 8.42 Å². The highest BCUT2D eigenvalue weighted by molar-refractivity contribution is 7.89. The molecule has 0 radical (unpaired) electrons. The van der Waals surface area contributed by atoms with E-state index in [1.807, 2.05) is 0 Å². The molecule has 0 aromatic carbocycles. The SMILES string of the molecule is CC1=C/C(=N\S(C)(=O)=O)C(C)=CC1=O. The van der Waals surface area contributed by atoms with Crippen LogP contribution in [0.2, 0.25) is 0 Å². The standard InChI is InChI=1S/C9H11NO3S/c1-6-5-9(11)7(2)4-8(6)10-14(3,12)13/h4-5H,1-3H3/b10-8+. The van der Waals surface area contributed by atoms with Gasteiger partial charge in [0.2, 0.25) is 0 Å². The van der Waals surface area contributed by atoms with Gasteiger partial charge in [0.25, 0.3) is 10.0 Å². The molecule has 0 atom stereocenters. The second-order valence-corrected chi connectivity index (χ2v) is 4.88. The molecule has 4 nitrogen and oxygen atoms in total. The maximum Gasteiger partial charge on any atom is 0.250 e. The van der Waals surface area contributed by atoms with Gasteiger partial charge in [0.05, 0.1) is 12.0 Å². The summed E-state index contributed by atoms with van der Waals surface area (Å²) < 4.78 is 25.3. The Kier molecular flexibility index (Phi) is 2.71. The van der Waals surface area contributed by atoms with Crippen molar-refractivity contribution in [1.82, 2.24) is 0 Å². The quantitative estimate of drug-likeness (QED) is 0.607. The number of carbonyl (C=O) groups excluding carboxylic acids is 1. The van der Waals surface area contributed by atoms with E-state index < -0.39 is 10.0 Å². The van der Waals surface area contributed by atoms with Crippen LogP contribution >= 0.6 is 0 Å². The number of rotatable bonds is 1. The largest absolute Gasteiger partial charge is 0.290 e. The molecule has 0 N–H and O–H groups in total. The Balaban J connectivity index is 3.22. The molecule has 14 heavy (non-hydrogen) atoms. The second-order valence-electron chi connectivity index (χ2n) is 3.23. The molecule has 0 unspecified atom stereocenters. The van der Waals surface area contributed by atoms with Gasteiger partial charge in [0.1, 0.15) is 0 Å². The molecular weight excluding hydrogens is 202 g/mol. The first kappa shape index (κ1) is 10.8. The third-order valence-electron chi connectivity index (χ3n) is 1.76. The van der Waals surface area contributed by atoms with E-state index in [0.717, 1.165) is 6.26 Å². The second kappa shape index (κ2) is 3.49. The number of nitrogens with zero attached hydrogens (tertiary/aromatic N) is 1. The van der Waals surface area contributed by atoms with Crippen LogP contribution in [0.25, 0.3) is 0 Å². The summed E-state index contributed by atoms with van der Waals surface area (Å²) in [7, 11) is -3.41. The fourth-order valence-corrected chi connectivity index (χ4v) is 1.61. The molecule has 1 aliphatic rings. The molecule has 0 spiro atoms. The van der Waals surface area contributed by atoms with Crippen LogP contribution in [0.15, 0.2) is 27.7 Å². The Morgan fingerprint density at radius 2 is 1.71 bits per heavy atom. The van der Waals surface area contributed by atoms with Gasteiger partial charge in [-0.15, -0.1) is 0 Å². The minimum Gasteiger partial charge on any atom is -0.290 e. The summed E-state index contributed by atoms with van der Waals surface area (Å²) in [6.45, 7) is 3.29. The summed E-state index contributed by atoms with van der Waals surface area (Å²) in [6.07, 6.45) is 3.89. The van der Waals surface area contributed by atoms with E-state index in [-0.39, 0.29) is 5.78 Å². The Bertz CT molecular complexity index is 466. The van der Waals surface area contributed by atoms with Crippen molar-refractivity contribution < 1.29 is 13.2 Å². The van der Waals surface area contributed by atoms with Gasteiger partial charge in [-0.3, -0.25) is 4.79 Å². The van der Waals surface area contributed by atoms with E-state index in [4.69, 9.17) is 0 Å². The van der Waals surface area contributed by atoms with Crippen molar-refractivity contribution >= 4 is 21.5 Å². The fourth-order valence-electron chi connectivity index (χ4n) is 1.05. The van der Waals surface area contributed by atoms with Crippen molar-refractivity contribution in [2.24, 2.45) is 4.40 Å². The maximum absolute atomic E-state index is 11.2. The first-order chi connectivity index (χ1) is 6.29. The van der Waals surface area contributed by atoms with E-state index in [1.165, 1.54) is 12.2 Å². The molecule has 0 aliphatic heterocycles. The van der Waals surface area contributed by atoms with Gasteiger partial charge < -0.3 is 0 Å². The number of ketones is 1. The molecule has 0 amide bonds. The van der Waals surface area contributed by atoms with Crippen LogP contribution in [-0.4, -0.2) is 26.2 Å². The van der Waals surface area contributed by atoms with Crippen molar-refractivity contribution in [3.63, 3.8) is 0 Å². The first-order valence-corrected chi connectivity index (χ1v) is 5.85. The maximum atomic E-state index is 11.2. The van der Waals surface area contributed by atoms with Gasteiger partial charge in [-0.1, -0.05) is 0 Å². The van der Waals surface area contributed by atoms with Gasteiger partial charge >= 0.3 is 0 Å². The average Bonchev–Trinajstić information content (AvgIpc) is 1.97. The predicted molar refractivity (Wildman–Crippen MR) is 54.8 cm³/mol. The zero-order chi connectivity index (χ0) is 10.9. The zero-order valence-electron chi connectivity index (χ0n) is 8.23. The molecule has 5 heteroatoms. The van der Waals surface area contributed by atoms with E-state index in [2.05, 4.69) is 4.40 Å². The summed E-state index contributed by atoms with van der Waals surface area (Å²) >= 11 is 0. The summed E-state index contributed by atoms with van der Waals surface area (Å²) in [5, 5.41) is 0. The van der Waals surface area contributed by atoms with E-state index in [9.17, 15) is 13.2 Å². The molecule has 0 fully saturated rings. The molecular formula is C9H11NO3S. The lowest BCUT2D eigenvalue weighted by molar-refractivity contribution is -0.111. The highest BCUT2D eigenvalue weighted by Gasteiger charge is 2.13. The molecule has 76 valence electrons. The highest BCUT2D eigenvalue weighted by Crippen LogP contribution is 2.12. The smallest absolute Gasteiger partial charge is 0.250 e. The fraction of sp³-hybridized carbons (Fsp3) is 0.333. The summed E-state index contributed by atoms with van der Waals surface area (Å²) in [4.78, 5) is 11.2. The van der Waals surface area contributed by atoms with Crippen molar-refractivity contribution in [1.29, 1.82) is 0 Å². The Labute approximate surface area is 83.1 Å². The monoisotopic (exact) mass is 213 g/mol. The number of hydrogen-bond donors (Lipinski definition) is 0. The van der Waals surface area contributed by atoms with Crippen LogP contribution in [0.3, 0.4) is 0 Å². The van der Waals surface area contributed by atoms with Crippen LogP contribution in [0, 0.1) is 0 Å².